The van der Waals surface area contributed by atoms with Crippen LogP contribution in [0.3, 0.4) is 0 Å². The number of aromatic nitrogens is 4. The lowest BCUT2D eigenvalue weighted by Crippen LogP contribution is -2.25. The van der Waals surface area contributed by atoms with Crippen LogP contribution in [0.2, 0.25) is 10.0 Å². The van der Waals surface area contributed by atoms with Crippen LogP contribution in [-0.4, -0.2) is 34.1 Å². The Labute approximate surface area is 202 Å². The first-order chi connectivity index (χ1) is 16.0. The first kappa shape index (κ1) is 23.7. The number of amides is 1. The Morgan fingerprint density at radius 2 is 1.94 bits per heavy atom. The number of carbonyl (C=O) groups excluding carboxylic acids is 1. The summed E-state index contributed by atoms with van der Waals surface area (Å²) in [7, 11) is -4.24. The maximum atomic E-state index is 15.0. The van der Waals surface area contributed by atoms with Crippen LogP contribution in [-0.2, 0) is 14.8 Å². The number of rotatable bonds is 6. The normalized spacial score (nSPS) is 12.6. The summed E-state index contributed by atoms with van der Waals surface area (Å²) in [4.78, 5) is 19.5. The second-order valence-corrected chi connectivity index (χ2v) is 9.62. The van der Waals surface area contributed by atoms with Crippen LogP contribution in [0.15, 0.2) is 47.6 Å². The Balaban J connectivity index is 1.78. The third-order valence-corrected chi connectivity index (χ3v) is 7.33. The molecule has 14 heteroatoms. The molecule has 0 aliphatic heterocycles. The topological polar surface area (TPSA) is 159 Å². The van der Waals surface area contributed by atoms with Crippen molar-refractivity contribution in [1.29, 1.82) is 0 Å². The first-order valence-electron chi connectivity index (χ1n) is 9.56. The highest BCUT2D eigenvalue weighted by atomic mass is 35.5. The minimum atomic E-state index is -4.24. The van der Waals surface area contributed by atoms with Gasteiger partial charge >= 0.3 is 0 Å². The van der Waals surface area contributed by atoms with Gasteiger partial charge in [0.1, 0.15) is 34.6 Å². The Bertz CT molecular complexity index is 1560. The molecule has 176 valence electrons. The smallest absolute Gasteiger partial charge is 0.263 e. The van der Waals surface area contributed by atoms with Crippen molar-refractivity contribution in [3.63, 3.8) is 0 Å². The number of benzene rings is 2. The monoisotopic (exact) mass is 523 g/mol. The standard InChI is InChI=1S/C20H16Cl2FN7O3S/c1-9(19(25)31)30-20-15(18(24)26-8-27-20)17(28-30)10-5-6-13(12(23)7-10)29-34(32,33)14-4-2-3-11(21)16(14)22/h2-9,29H,1H3,(H2,25,31)(H2,24,26,27). The van der Waals surface area contributed by atoms with Crippen molar-refractivity contribution >= 4 is 61.7 Å². The van der Waals surface area contributed by atoms with E-state index in [1.807, 2.05) is 0 Å². The molecule has 0 aliphatic carbocycles. The Morgan fingerprint density at radius 1 is 1.21 bits per heavy atom. The molecule has 0 aliphatic rings. The molecule has 1 unspecified atom stereocenters. The largest absolute Gasteiger partial charge is 0.383 e. The van der Waals surface area contributed by atoms with Gasteiger partial charge in [-0.3, -0.25) is 9.52 Å². The van der Waals surface area contributed by atoms with E-state index in [-0.39, 0.29) is 48.7 Å². The molecular weight excluding hydrogens is 508 g/mol. The number of nitrogen functional groups attached to an aromatic ring is 1. The van der Waals surface area contributed by atoms with Gasteiger partial charge in [-0.2, -0.15) is 5.10 Å². The molecular formula is C20H16Cl2FN7O3S. The number of sulfonamides is 1. The van der Waals surface area contributed by atoms with Crippen LogP contribution in [0.5, 0.6) is 0 Å². The zero-order valence-corrected chi connectivity index (χ0v) is 19.7. The minimum Gasteiger partial charge on any atom is -0.383 e. The highest BCUT2D eigenvalue weighted by Crippen LogP contribution is 2.34. The second-order valence-electron chi connectivity index (χ2n) is 7.18. The number of fused-ring (bicyclic) bond motifs is 1. The maximum Gasteiger partial charge on any atom is 0.263 e. The van der Waals surface area contributed by atoms with Gasteiger partial charge in [0.2, 0.25) is 5.91 Å². The molecule has 0 saturated heterocycles. The summed E-state index contributed by atoms with van der Waals surface area (Å²) in [5.41, 5.74) is 11.7. The van der Waals surface area contributed by atoms with E-state index in [9.17, 15) is 17.6 Å². The molecule has 4 aromatic rings. The fourth-order valence-corrected chi connectivity index (χ4v) is 5.05. The Hall–Kier alpha value is -3.48. The molecule has 10 nitrogen and oxygen atoms in total. The van der Waals surface area contributed by atoms with E-state index in [1.54, 1.807) is 0 Å². The predicted molar refractivity (Wildman–Crippen MR) is 126 cm³/mol. The molecule has 2 aromatic carbocycles. The highest BCUT2D eigenvalue weighted by Gasteiger charge is 2.24. The fourth-order valence-electron chi connectivity index (χ4n) is 3.22. The zero-order valence-electron chi connectivity index (χ0n) is 17.3. The van der Waals surface area contributed by atoms with Crippen molar-refractivity contribution in [2.24, 2.45) is 5.73 Å². The highest BCUT2D eigenvalue weighted by molar-refractivity contribution is 7.92. The van der Waals surface area contributed by atoms with Gasteiger partial charge in [-0.1, -0.05) is 35.3 Å². The van der Waals surface area contributed by atoms with E-state index in [0.717, 1.165) is 6.07 Å². The van der Waals surface area contributed by atoms with Crippen molar-refractivity contribution < 1.29 is 17.6 Å². The molecule has 0 fully saturated rings. The molecule has 2 aromatic heterocycles. The molecule has 0 radical (unpaired) electrons. The molecule has 5 N–H and O–H groups in total. The number of nitrogens with zero attached hydrogens (tertiary/aromatic N) is 4. The number of hydrogen-bond donors (Lipinski definition) is 3. The SMILES string of the molecule is CC(C(N)=O)n1nc(-c2ccc(NS(=O)(=O)c3cccc(Cl)c3Cl)c(F)c2)c2c(N)ncnc21. The molecule has 1 amide bonds. The number of carbonyl (C=O) groups is 1. The van der Waals surface area contributed by atoms with Crippen molar-refractivity contribution in [3.8, 4) is 11.3 Å². The van der Waals surface area contributed by atoms with Crippen LogP contribution >= 0.6 is 23.2 Å². The quantitative estimate of drug-likeness (QED) is 0.349. The summed E-state index contributed by atoms with van der Waals surface area (Å²) in [5.74, 6) is -1.51. The number of halogens is 3. The Morgan fingerprint density at radius 3 is 2.62 bits per heavy atom. The van der Waals surface area contributed by atoms with Crippen LogP contribution in [0.1, 0.15) is 13.0 Å². The lowest BCUT2D eigenvalue weighted by Gasteiger charge is -2.11. The summed E-state index contributed by atoms with van der Waals surface area (Å²) < 4.78 is 43.9. The average molecular weight is 524 g/mol. The summed E-state index contributed by atoms with van der Waals surface area (Å²) in [6.07, 6.45) is 1.20. The van der Waals surface area contributed by atoms with Crippen LogP contribution < -0.4 is 16.2 Å². The summed E-state index contributed by atoms with van der Waals surface area (Å²) in [5, 5.41) is 4.48. The molecule has 4 rings (SSSR count). The van der Waals surface area contributed by atoms with E-state index < -0.39 is 27.8 Å². The van der Waals surface area contributed by atoms with Crippen LogP contribution in [0.4, 0.5) is 15.9 Å². The van der Waals surface area contributed by atoms with E-state index in [0.29, 0.717) is 0 Å². The predicted octanol–water partition coefficient (Wildman–Crippen LogP) is 3.37. The summed E-state index contributed by atoms with van der Waals surface area (Å²) in [6, 6.07) is 6.90. The molecule has 0 spiro atoms. The molecule has 2 heterocycles. The maximum absolute atomic E-state index is 15.0. The van der Waals surface area contributed by atoms with Crippen molar-refractivity contribution in [2.75, 3.05) is 10.5 Å². The van der Waals surface area contributed by atoms with Crippen molar-refractivity contribution in [2.45, 2.75) is 17.9 Å². The second kappa shape index (κ2) is 8.70. The van der Waals surface area contributed by atoms with Gasteiger partial charge in [0.15, 0.2) is 5.65 Å². The van der Waals surface area contributed by atoms with Gasteiger partial charge in [0, 0.05) is 5.56 Å². The van der Waals surface area contributed by atoms with Gasteiger partial charge in [0.05, 0.1) is 21.1 Å². The lowest BCUT2D eigenvalue weighted by molar-refractivity contribution is -0.120. The average Bonchev–Trinajstić information content (AvgIpc) is 3.17. The number of nitrogens with two attached hydrogens (primary N) is 2. The molecule has 1 atom stereocenters. The van der Waals surface area contributed by atoms with E-state index in [4.69, 9.17) is 34.7 Å². The van der Waals surface area contributed by atoms with Gasteiger partial charge in [-0.05, 0) is 31.2 Å². The van der Waals surface area contributed by atoms with Gasteiger partial charge in [-0.25, -0.2) is 27.5 Å². The van der Waals surface area contributed by atoms with Crippen LogP contribution in [0, 0.1) is 5.82 Å². The van der Waals surface area contributed by atoms with Crippen molar-refractivity contribution in [1.82, 2.24) is 19.7 Å². The third-order valence-electron chi connectivity index (χ3n) is 4.99. The first-order valence-corrected chi connectivity index (χ1v) is 11.8. The third kappa shape index (κ3) is 4.11. The van der Waals surface area contributed by atoms with Gasteiger partial charge in [0.25, 0.3) is 10.0 Å². The number of primary amides is 1. The van der Waals surface area contributed by atoms with Crippen molar-refractivity contribution in [3.05, 3.63) is 58.6 Å². The number of anilines is 2. The number of hydrogen-bond acceptors (Lipinski definition) is 7. The van der Waals surface area contributed by atoms with E-state index in [2.05, 4.69) is 19.8 Å². The van der Waals surface area contributed by atoms with Crippen LogP contribution in [0.25, 0.3) is 22.3 Å². The Kier molecular flexibility index (Phi) is 6.06. The summed E-state index contributed by atoms with van der Waals surface area (Å²) in [6.45, 7) is 1.52. The minimum absolute atomic E-state index is 0.0350. The van der Waals surface area contributed by atoms with Gasteiger partial charge < -0.3 is 11.5 Å². The molecule has 0 bridgehead atoms. The molecule has 34 heavy (non-hydrogen) atoms. The molecule has 0 saturated carbocycles. The summed E-state index contributed by atoms with van der Waals surface area (Å²) >= 11 is 11.9. The fraction of sp³-hybridized carbons (Fsp3) is 0.100. The number of nitrogens with one attached hydrogen (secondary N) is 1. The van der Waals surface area contributed by atoms with Gasteiger partial charge in [-0.15, -0.1) is 0 Å². The van der Waals surface area contributed by atoms with E-state index in [1.165, 1.54) is 48.3 Å². The zero-order chi connectivity index (χ0) is 24.8. The van der Waals surface area contributed by atoms with E-state index >= 15 is 0 Å². The lowest BCUT2D eigenvalue weighted by atomic mass is 10.1.